The normalized spacial score (nSPS) is 20.6. The van der Waals surface area contributed by atoms with Gasteiger partial charge in [0.05, 0.1) is 6.04 Å². The first-order valence-corrected chi connectivity index (χ1v) is 8.71. The van der Waals surface area contributed by atoms with Crippen LogP contribution >= 0.6 is 11.8 Å². The number of hydrogen-bond acceptors (Lipinski definition) is 4. The molecule has 3 nitrogen and oxygen atoms in total. The highest BCUT2D eigenvalue weighted by molar-refractivity contribution is 7.99. The molecule has 1 atom stereocenters. The summed E-state index contributed by atoms with van der Waals surface area (Å²) in [5, 5.41) is 0. The number of thioether (sulfide) groups is 1. The molecule has 1 saturated heterocycles. The topological polar surface area (TPSA) is 29.3 Å². The summed E-state index contributed by atoms with van der Waals surface area (Å²) < 4.78 is 5.98. The smallest absolute Gasteiger partial charge is 0.212 e. The van der Waals surface area contributed by atoms with Crippen LogP contribution < -0.4 is 0 Å². The lowest BCUT2D eigenvalue weighted by Crippen LogP contribution is -2.35. The zero-order valence-electron chi connectivity index (χ0n) is 12.0. The first-order chi connectivity index (χ1) is 9.88. The van der Waals surface area contributed by atoms with E-state index in [1.54, 1.807) is 0 Å². The Morgan fingerprint density at radius 3 is 3.10 bits per heavy atom. The Morgan fingerprint density at radius 1 is 1.35 bits per heavy atom. The van der Waals surface area contributed by atoms with Crippen molar-refractivity contribution in [1.82, 2.24) is 9.88 Å². The van der Waals surface area contributed by atoms with Gasteiger partial charge in [-0.1, -0.05) is 25.5 Å². The van der Waals surface area contributed by atoms with Gasteiger partial charge < -0.3 is 4.42 Å². The van der Waals surface area contributed by atoms with Crippen LogP contribution in [0.1, 0.15) is 38.1 Å². The Hall–Kier alpha value is -1.00. The molecule has 0 bridgehead atoms. The molecule has 1 aliphatic heterocycles. The molecule has 0 unspecified atom stereocenters. The predicted molar refractivity (Wildman–Crippen MR) is 85.2 cm³/mol. The molecule has 108 valence electrons. The van der Waals surface area contributed by atoms with Crippen molar-refractivity contribution in [3.63, 3.8) is 0 Å². The number of hydrogen-bond donors (Lipinski definition) is 0. The molecule has 1 aliphatic rings. The molecule has 2 heterocycles. The molecule has 20 heavy (non-hydrogen) atoms. The molecular formula is C16H22N2OS. The largest absolute Gasteiger partial charge is 0.439 e. The zero-order chi connectivity index (χ0) is 13.8. The van der Waals surface area contributed by atoms with Crippen molar-refractivity contribution in [3.8, 4) is 0 Å². The van der Waals surface area contributed by atoms with Crippen LogP contribution in [0.4, 0.5) is 0 Å². The van der Waals surface area contributed by atoms with Crippen molar-refractivity contribution in [2.45, 2.75) is 32.2 Å². The van der Waals surface area contributed by atoms with Crippen LogP contribution in [0.2, 0.25) is 0 Å². The molecule has 1 fully saturated rings. The van der Waals surface area contributed by atoms with Gasteiger partial charge >= 0.3 is 0 Å². The predicted octanol–water partition coefficient (Wildman–Crippen LogP) is 4.11. The Labute approximate surface area is 124 Å². The SMILES string of the molecule is CCSCCN1CCCC[C@H]1c1nc2ccccc2o1. The third-order valence-electron chi connectivity index (χ3n) is 3.94. The molecule has 1 aromatic heterocycles. The van der Waals surface area contributed by atoms with Crippen LogP contribution in [0.25, 0.3) is 11.1 Å². The van der Waals surface area contributed by atoms with E-state index in [9.17, 15) is 0 Å². The summed E-state index contributed by atoms with van der Waals surface area (Å²) in [6.07, 6.45) is 3.75. The van der Waals surface area contributed by atoms with Crippen LogP contribution in [0.5, 0.6) is 0 Å². The average molecular weight is 290 g/mol. The van der Waals surface area contributed by atoms with Gasteiger partial charge in [0.1, 0.15) is 5.52 Å². The number of likely N-dealkylation sites (tertiary alicyclic amines) is 1. The summed E-state index contributed by atoms with van der Waals surface area (Å²) >= 11 is 2.01. The van der Waals surface area contributed by atoms with Crippen molar-refractivity contribution < 1.29 is 4.42 Å². The van der Waals surface area contributed by atoms with E-state index in [4.69, 9.17) is 9.40 Å². The van der Waals surface area contributed by atoms with E-state index in [2.05, 4.69) is 11.8 Å². The lowest BCUT2D eigenvalue weighted by molar-refractivity contribution is 0.136. The monoisotopic (exact) mass is 290 g/mol. The van der Waals surface area contributed by atoms with Crippen LogP contribution in [0, 0.1) is 0 Å². The molecule has 0 spiro atoms. The molecule has 4 heteroatoms. The van der Waals surface area contributed by atoms with Gasteiger partial charge in [0, 0.05) is 12.3 Å². The van der Waals surface area contributed by atoms with Gasteiger partial charge in [0.15, 0.2) is 5.58 Å². The van der Waals surface area contributed by atoms with Gasteiger partial charge in [-0.2, -0.15) is 11.8 Å². The van der Waals surface area contributed by atoms with Crippen molar-refractivity contribution in [2.75, 3.05) is 24.6 Å². The number of benzene rings is 1. The second kappa shape index (κ2) is 6.64. The van der Waals surface area contributed by atoms with Gasteiger partial charge in [-0.15, -0.1) is 0 Å². The van der Waals surface area contributed by atoms with E-state index in [1.165, 1.54) is 37.3 Å². The summed E-state index contributed by atoms with van der Waals surface area (Å²) in [6.45, 7) is 4.54. The van der Waals surface area contributed by atoms with E-state index in [0.29, 0.717) is 6.04 Å². The van der Waals surface area contributed by atoms with Gasteiger partial charge in [-0.3, -0.25) is 4.90 Å². The fourth-order valence-corrected chi connectivity index (χ4v) is 3.55. The maximum Gasteiger partial charge on any atom is 0.212 e. The lowest BCUT2D eigenvalue weighted by Gasteiger charge is -2.33. The van der Waals surface area contributed by atoms with Crippen LogP contribution in [0.3, 0.4) is 0 Å². The fourth-order valence-electron chi connectivity index (χ4n) is 2.90. The second-order valence-electron chi connectivity index (χ2n) is 5.26. The number of rotatable bonds is 5. The highest BCUT2D eigenvalue weighted by Crippen LogP contribution is 2.32. The Morgan fingerprint density at radius 2 is 2.25 bits per heavy atom. The highest BCUT2D eigenvalue weighted by Gasteiger charge is 2.27. The Balaban J connectivity index is 1.77. The minimum atomic E-state index is 0.369. The van der Waals surface area contributed by atoms with Gasteiger partial charge in [0.25, 0.3) is 0 Å². The molecule has 0 radical (unpaired) electrons. The number of piperidine rings is 1. The third-order valence-corrected chi connectivity index (χ3v) is 4.82. The lowest BCUT2D eigenvalue weighted by atomic mass is 10.0. The molecule has 1 aromatic carbocycles. The molecule has 0 saturated carbocycles. The molecule has 2 aromatic rings. The van der Waals surface area contributed by atoms with E-state index in [0.717, 1.165) is 23.5 Å². The molecule has 3 rings (SSSR count). The van der Waals surface area contributed by atoms with Crippen molar-refractivity contribution >= 4 is 22.9 Å². The van der Waals surface area contributed by atoms with Crippen molar-refractivity contribution in [2.24, 2.45) is 0 Å². The van der Waals surface area contributed by atoms with E-state index < -0.39 is 0 Å². The van der Waals surface area contributed by atoms with E-state index in [1.807, 2.05) is 36.0 Å². The minimum absolute atomic E-state index is 0.369. The van der Waals surface area contributed by atoms with Gasteiger partial charge in [-0.25, -0.2) is 4.98 Å². The average Bonchev–Trinajstić information content (AvgIpc) is 2.92. The maximum atomic E-state index is 5.98. The number of aromatic nitrogens is 1. The number of fused-ring (bicyclic) bond motifs is 1. The van der Waals surface area contributed by atoms with E-state index >= 15 is 0 Å². The van der Waals surface area contributed by atoms with E-state index in [-0.39, 0.29) is 0 Å². The summed E-state index contributed by atoms with van der Waals surface area (Å²) in [4.78, 5) is 7.25. The number of para-hydroxylation sites is 2. The Bertz CT molecular complexity index is 521. The summed E-state index contributed by atoms with van der Waals surface area (Å²) in [6, 6.07) is 8.43. The van der Waals surface area contributed by atoms with Crippen LogP contribution in [-0.4, -0.2) is 34.5 Å². The summed E-state index contributed by atoms with van der Waals surface area (Å²) in [5.41, 5.74) is 1.90. The fraction of sp³-hybridized carbons (Fsp3) is 0.562. The minimum Gasteiger partial charge on any atom is -0.439 e. The van der Waals surface area contributed by atoms with Crippen molar-refractivity contribution in [3.05, 3.63) is 30.2 Å². The standard InChI is InChI=1S/C16H22N2OS/c1-2-20-12-11-18-10-6-5-8-14(18)16-17-13-7-3-4-9-15(13)19-16/h3-4,7,9,14H,2,5-6,8,10-12H2,1H3/t14-/m0/s1. The summed E-state index contributed by atoms with van der Waals surface area (Å²) in [7, 11) is 0. The summed E-state index contributed by atoms with van der Waals surface area (Å²) in [5.74, 6) is 3.31. The molecule has 0 amide bonds. The van der Waals surface area contributed by atoms with Gasteiger partial charge in [-0.05, 0) is 37.3 Å². The molecular weight excluding hydrogens is 268 g/mol. The van der Waals surface area contributed by atoms with Gasteiger partial charge in [0.2, 0.25) is 5.89 Å². The zero-order valence-corrected chi connectivity index (χ0v) is 12.9. The van der Waals surface area contributed by atoms with Crippen molar-refractivity contribution in [1.29, 1.82) is 0 Å². The first-order valence-electron chi connectivity index (χ1n) is 7.55. The molecule has 0 aliphatic carbocycles. The highest BCUT2D eigenvalue weighted by atomic mass is 32.2. The second-order valence-corrected chi connectivity index (χ2v) is 6.66. The molecule has 0 N–H and O–H groups in total. The number of oxazole rings is 1. The number of nitrogens with zero attached hydrogens (tertiary/aromatic N) is 2. The van der Waals surface area contributed by atoms with Crippen LogP contribution in [-0.2, 0) is 0 Å². The van der Waals surface area contributed by atoms with Crippen LogP contribution in [0.15, 0.2) is 28.7 Å². The first kappa shape index (κ1) is 14.0. The maximum absolute atomic E-state index is 5.98. The quantitative estimate of drug-likeness (QED) is 0.775. The third kappa shape index (κ3) is 3.01. The Kier molecular flexibility index (Phi) is 4.63.